The maximum Gasteiger partial charge on any atom is 0.287 e. The van der Waals surface area contributed by atoms with Crippen LogP contribution in [-0.4, -0.2) is 46.9 Å². The number of piperazine rings is 1. The van der Waals surface area contributed by atoms with Gasteiger partial charge in [-0.1, -0.05) is 28.1 Å². The monoisotopic (exact) mass is 418 g/mol. The summed E-state index contributed by atoms with van der Waals surface area (Å²) in [6.07, 6.45) is 1.68. The molecule has 8 heteroatoms. The summed E-state index contributed by atoms with van der Waals surface area (Å²) in [6.45, 7) is 4.39. The van der Waals surface area contributed by atoms with E-state index in [4.69, 9.17) is 0 Å². The van der Waals surface area contributed by atoms with E-state index >= 15 is 0 Å². The van der Waals surface area contributed by atoms with Gasteiger partial charge in [-0.05, 0) is 30.2 Å². The van der Waals surface area contributed by atoms with Gasteiger partial charge in [-0.3, -0.25) is 14.9 Å². The molecule has 1 amide bonds. The fourth-order valence-corrected chi connectivity index (χ4v) is 3.30. The topological polar surface area (TPSA) is 79.6 Å². The summed E-state index contributed by atoms with van der Waals surface area (Å²) >= 11 is 3.39. The Morgan fingerprint density at radius 2 is 1.88 bits per heavy atom. The second kappa shape index (κ2) is 7.82. The average molecular weight is 419 g/mol. The summed E-state index contributed by atoms with van der Waals surface area (Å²) in [5.74, 6) is 0.857. The lowest BCUT2D eigenvalue weighted by atomic mass is 10.1. The predicted octanol–water partition coefficient (Wildman–Crippen LogP) is 2.95. The van der Waals surface area contributed by atoms with Gasteiger partial charge in [0, 0.05) is 36.7 Å². The number of carbonyl (C=O) groups is 1. The molecule has 2 aromatic rings. The summed E-state index contributed by atoms with van der Waals surface area (Å²) in [5.41, 5.74) is 1.76. The van der Waals surface area contributed by atoms with Crippen LogP contribution in [0, 0.1) is 17.0 Å². The third-order valence-electron chi connectivity index (χ3n) is 4.45. The van der Waals surface area contributed by atoms with Crippen molar-refractivity contribution >= 4 is 33.3 Å². The zero-order chi connectivity index (χ0) is 18.7. The number of anilines is 1. The van der Waals surface area contributed by atoms with Gasteiger partial charge in [-0.25, -0.2) is 4.98 Å². The van der Waals surface area contributed by atoms with Crippen LogP contribution in [0.4, 0.5) is 11.5 Å². The smallest absolute Gasteiger partial charge is 0.287 e. The minimum Gasteiger partial charge on any atom is -0.353 e. The van der Waals surface area contributed by atoms with Crippen molar-refractivity contribution in [3.8, 4) is 0 Å². The highest BCUT2D eigenvalue weighted by Crippen LogP contribution is 2.23. The van der Waals surface area contributed by atoms with Crippen LogP contribution in [0.5, 0.6) is 0 Å². The lowest BCUT2D eigenvalue weighted by molar-refractivity contribution is -0.385. The molecule has 2 heterocycles. The third-order valence-corrected chi connectivity index (χ3v) is 4.98. The molecule has 1 aromatic carbocycles. The van der Waals surface area contributed by atoms with E-state index in [1.165, 1.54) is 12.3 Å². The van der Waals surface area contributed by atoms with Crippen molar-refractivity contribution in [2.45, 2.75) is 13.3 Å². The summed E-state index contributed by atoms with van der Waals surface area (Å²) in [4.78, 5) is 31.1. The number of amides is 1. The number of aryl methyl sites for hydroxylation is 1. The first kappa shape index (κ1) is 18.3. The Balaban J connectivity index is 1.59. The number of benzene rings is 1. The zero-order valence-corrected chi connectivity index (χ0v) is 16.0. The minimum absolute atomic E-state index is 0.00504. The molecule has 7 nitrogen and oxygen atoms in total. The SMILES string of the molecule is Cc1cc([N+](=O)[O-])cnc1N1CCN(C(=O)Cc2ccc(Br)cc2)CC1. The van der Waals surface area contributed by atoms with Crippen LogP contribution in [-0.2, 0) is 11.2 Å². The molecular weight excluding hydrogens is 400 g/mol. The minimum atomic E-state index is -0.442. The quantitative estimate of drug-likeness (QED) is 0.563. The first-order valence-corrected chi connectivity index (χ1v) is 9.11. The molecule has 1 aromatic heterocycles. The largest absolute Gasteiger partial charge is 0.353 e. The highest BCUT2D eigenvalue weighted by Gasteiger charge is 2.23. The van der Waals surface area contributed by atoms with E-state index in [0.717, 1.165) is 21.4 Å². The number of nitrogens with zero attached hydrogens (tertiary/aromatic N) is 4. The molecule has 0 unspecified atom stereocenters. The standard InChI is InChI=1S/C18H19BrN4O3/c1-13-10-16(23(25)26)12-20-18(13)22-8-6-21(7-9-22)17(24)11-14-2-4-15(19)5-3-14/h2-5,10,12H,6-9,11H2,1H3. The van der Waals surface area contributed by atoms with Crippen molar-refractivity contribution in [1.29, 1.82) is 0 Å². The van der Waals surface area contributed by atoms with Gasteiger partial charge in [0.25, 0.3) is 5.69 Å². The van der Waals surface area contributed by atoms with Gasteiger partial charge in [-0.15, -0.1) is 0 Å². The fourth-order valence-electron chi connectivity index (χ4n) is 3.04. The number of carbonyl (C=O) groups excluding carboxylic acids is 1. The lowest BCUT2D eigenvalue weighted by Crippen LogP contribution is -2.49. The normalized spacial score (nSPS) is 14.4. The van der Waals surface area contributed by atoms with Crippen molar-refractivity contribution in [2.24, 2.45) is 0 Å². The fraction of sp³-hybridized carbons (Fsp3) is 0.333. The van der Waals surface area contributed by atoms with Crippen molar-refractivity contribution < 1.29 is 9.72 Å². The summed E-state index contributed by atoms with van der Waals surface area (Å²) < 4.78 is 0.994. The molecule has 1 aliphatic heterocycles. The highest BCUT2D eigenvalue weighted by atomic mass is 79.9. The van der Waals surface area contributed by atoms with E-state index in [2.05, 4.69) is 25.8 Å². The number of aromatic nitrogens is 1. The molecule has 0 N–H and O–H groups in total. The van der Waals surface area contributed by atoms with Crippen LogP contribution in [0.15, 0.2) is 41.0 Å². The van der Waals surface area contributed by atoms with Gasteiger partial charge in [0.05, 0.1) is 11.3 Å². The van der Waals surface area contributed by atoms with Crippen LogP contribution in [0.1, 0.15) is 11.1 Å². The van der Waals surface area contributed by atoms with Crippen LogP contribution in [0.3, 0.4) is 0 Å². The van der Waals surface area contributed by atoms with Gasteiger partial charge in [0.2, 0.25) is 5.91 Å². The first-order valence-electron chi connectivity index (χ1n) is 8.32. The van der Waals surface area contributed by atoms with Gasteiger partial charge in [-0.2, -0.15) is 0 Å². The van der Waals surface area contributed by atoms with Gasteiger partial charge >= 0.3 is 0 Å². The van der Waals surface area contributed by atoms with Crippen LogP contribution in [0.25, 0.3) is 0 Å². The maximum absolute atomic E-state index is 12.5. The Morgan fingerprint density at radius 1 is 1.23 bits per heavy atom. The second-order valence-electron chi connectivity index (χ2n) is 6.26. The Hall–Kier alpha value is -2.48. The second-order valence-corrected chi connectivity index (χ2v) is 7.18. The Labute approximate surface area is 159 Å². The first-order chi connectivity index (χ1) is 12.4. The zero-order valence-electron chi connectivity index (χ0n) is 14.4. The Kier molecular flexibility index (Phi) is 5.51. The molecule has 3 rings (SSSR count). The molecule has 0 aliphatic carbocycles. The molecule has 1 aliphatic rings. The van der Waals surface area contributed by atoms with Crippen molar-refractivity contribution in [3.63, 3.8) is 0 Å². The number of hydrogen-bond acceptors (Lipinski definition) is 5. The van der Waals surface area contributed by atoms with Crippen molar-refractivity contribution in [2.75, 3.05) is 31.1 Å². The number of halogens is 1. The third kappa shape index (κ3) is 4.19. The average Bonchev–Trinajstić information content (AvgIpc) is 2.63. The number of hydrogen-bond donors (Lipinski definition) is 0. The van der Waals surface area contributed by atoms with Gasteiger partial charge in [0.1, 0.15) is 12.0 Å². The summed E-state index contributed by atoms with van der Waals surface area (Å²) in [7, 11) is 0. The highest BCUT2D eigenvalue weighted by molar-refractivity contribution is 9.10. The molecule has 1 saturated heterocycles. The van der Waals surface area contributed by atoms with E-state index in [0.29, 0.717) is 32.6 Å². The van der Waals surface area contributed by atoms with Crippen LogP contribution < -0.4 is 4.90 Å². The number of nitro groups is 1. The maximum atomic E-state index is 12.5. The van der Waals surface area contributed by atoms with E-state index in [1.54, 1.807) is 0 Å². The number of pyridine rings is 1. The van der Waals surface area contributed by atoms with Crippen LogP contribution in [0.2, 0.25) is 0 Å². The molecule has 0 bridgehead atoms. The van der Waals surface area contributed by atoms with Crippen LogP contribution >= 0.6 is 15.9 Å². The van der Waals surface area contributed by atoms with Crippen molar-refractivity contribution in [1.82, 2.24) is 9.88 Å². The van der Waals surface area contributed by atoms with E-state index < -0.39 is 4.92 Å². The molecule has 136 valence electrons. The Morgan fingerprint density at radius 3 is 2.46 bits per heavy atom. The van der Waals surface area contributed by atoms with E-state index in [9.17, 15) is 14.9 Å². The molecule has 0 radical (unpaired) electrons. The molecular formula is C18H19BrN4O3. The van der Waals surface area contributed by atoms with Gasteiger partial charge in [0.15, 0.2) is 0 Å². The number of rotatable bonds is 4. The predicted molar refractivity (Wildman–Crippen MR) is 102 cm³/mol. The summed E-state index contributed by atoms with van der Waals surface area (Å²) in [6, 6.07) is 9.30. The molecule has 1 fully saturated rings. The molecule has 0 atom stereocenters. The Bertz CT molecular complexity index is 818. The molecule has 0 saturated carbocycles. The molecule has 0 spiro atoms. The van der Waals surface area contributed by atoms with Crippen molar-refractivity contribution in [3.05, 3.63) is 62.2 Å². The van der Waals surface area contributed by atoms with Gasteiger partial charge < -0.3 is 9.80 Å². The van der Waals surface area contributed by atoms with E-state index in [-0.39, 0.29) is 11.6 Å². The molecule has 26 heavy (non-hydrogen) atoms. The lowest BCUT2D eigenvalue weighted by Gasteiger charge is -2.36. The summed E-state index contributed by atoms with van der Waals surface area (Å²) in [5, 5.41) is 10.8. The van der Waals surface area contributed by atoms with E-state index in [1.807, 2.05) is 36.1 Å².